The molecule has 0 bridgehead atoms. The molecule has 0 aliphatic rings. The fourth-order valence-electron chi connectivity index (χ4n) is 1.32. The van der Waals surface area contributed by atoms with Crippen LogP contribution in [0.1, 0.15) is 20.8 Å². The molecule has 1 aromatic heterocycles. The second-order valence-corrected chi connectivity index (χ2v) is 5.80. The summed E-state index contributed by atoms with van der Waals surface area (Å²) in [6.45, 7) is 5.48. The molecule has 1 heterocycles. The first-order valence-electron chi connectivity index (χ1n) is 4.57. The summed E-state index contributed by atoms with van der Waals surface area (Å²) in [7, 11) is 0. The molecule has 0 spiro atoms. The van der Waals surface area contributed by atoms with E-state index in [1.54, 1.807) is 6.07 Å². The fourth-order valence-corrected chi connectivity index (χ4v) is 2.33. The van der Waals surface area contributed by atoms with Crippen molar-refractivity contribution in [2.75, 3.05) is 4.90 Å². The van der Waals surface area contributed by atoms with Gasteiger partial charge in [-0.1, -0.05) is 11.6 Å². The number of pyridine rings is 1. The summed E-state index contributed by atoms with van der Waals surface area (Å²) in [6, 6.07) is 1.64. The van der Waals surface area contributed by atoms with E-state index in [1.165, 1.54) is 11.1 Å². The van der Waals surface area contributed by atoms with Crippen molar-refractivity contribution in [3.8, 4) is 0 Å². The van der Waals surface area contributed by atoms with Gasteiger partial charge in [0, 0.05) is 9.11 Å². The van der Waals surface area contributed by atoms with Gasteiger partial charge in [0.05, 0.1) is 11.9 Å². The number of carbonyl (C=O) groups is 1. The van der Waals surface area contributed by atoms with E-state index < -0.39 is 11.6 Å². The molecule has 1 rings (SSSR count). The van der Waals surface area contributed by atoms with Gasteiger partial charge in [-0.05, 0) is 49.4 Å². The van der Waals surface area contributed by atoms with Crippen molar-refractivity contribution in [1.82, 2.24) is 4.98 Å². The van der Waals surface area contributed by atoms with Gasteiger partial charge in [-0.15, -0.1) is 0 Å². The van der Waals surface area contributed by atoms with E-state index in [2.05, 4.69) is 4.98 Å². The Morgan fingerprint density at radius 2 is 2.12 bits per heavy atom. The number of hydrogen-bond donors (Lipinski definition) is 1. The van der Waals surface area contributed by atoms with E-state index in [1.807, 2.05) is 43.4 Å². The normalized spacial score (nSPS) is 11.3. The third-order valence-corrected chi connectivity index (χ3v) is 2.97. The SMILES string of the molecule is CC(C)(C)N(C(=O)O)c1cnc(Cl)cc1I. The van der Waals surface area contributed by atoms with Gasteiger partial charge in [-0.2, -0.15) is 0 Å². The quantitative estimate of drug-likeness (QED) is 0.619. The van der Waals surface area contributed by atoms with Crippen molar-refractivity contribution >= 4 is 46.0 Å². The Labute approximate surface area is 113 Å². The molecule has 0 radical (unpaired) electrons. The standard InChI is InChI=1S/C10H12ClIN2O2/c1-10(2,3)14(9(15)16)7-5-13-8(11)4-6(7)12/h4-5H,1-3H3,(H,15,16). The van der Waals surface area contributed by atoms with Crippen molar-refractivity contribution in [2.24, 2.45) is 0 Å². The fraction of sp³-hybridized carbons (Fsp3) is 0.400. The van der Waals surface area contributed by atoms with Gasteiger partial charge < -0.3 is 5.11 Å². The summed E-state index contributed by atoms with van der Waals surface area (Å²) in [5, 5.41) is 9.57. The zero-order chi connectivity index (χ0) is 12.5. The van der Waals surface area contributed by atoms with Crippen LogP contribution in [0.5, 0.6) is 0 Å². The maximum atomic E-state index is 11.2. The molecule has 0 unspecified atom stereocenters. The minimum atomic E-state index is -1.01. The van der Waals surface area contributed by atoms with E-state index in [4.69, 9.17) is 11.6 Å². The molecule has 0 aromatic carbocycles. The minimum Gasteiger partial charge on any atom is -0.465 e. The van der Waals surface area contributed by atoms with Crippen LogP contribution >= 0.6 is 34.2 Å². The summed E-state index contributed by atoms with van der Waals surface area (Å²) in [5.41, 5.74) is 0.0198. The van der Waals surface area contributed by atoms with Gasteiger partial charge in [-0.25, -0.2) is 9.78 Å². The van der Waals surface area contributed by atoms with E-state index >= 15 is 0 Å². The lowest BCUT2D eigenvalue weighted by atomic mass is 10.1. The molecule has 0 saturated carbocycles. The van der Waals surface area contributed by atoms with Crippen molar-refractivity contribution in [2.45, 2.75) is 26.3 Å². The third-order valence-electron chi connectivity index (χ3n) is 1.90. The number of carboxylic acid groups (broad SMARTS) is 1. The molecular formula is C10H12ClIN2O2. The van der Waals surface area contributed by atoms with Crippen LogP contribution < -0.4 is 4.90 Å². The van der Waals surface area contributed by atoms with Crippen molar-refractivity contribution < 1.29 is 9.90 Å². The number of amides is 1. The highest BCUT2D eigenvalue weighted by molar-refractivity contribution is 14.1. The maximum Gasteiger partial charge on any atom is 0.412 e. The van der Waals surface area contributed by atoms with Gasteiger partial charge in [0.1, 0.15) is 5.15 Å². The first kappa shape index (κ1) is 13.5. The Bertz CT molecular complexity index is 418. The van der Waals surface area contributed by atoms with Crippen molar-refractivity contribution in [1.29, 1.82) is 0 Å². The smallest absolute Gasteiger partial charge is 0.412 e. The molecule has 1 amide bonds. The second kappa shape index (κ2) is 4.75. The van der Waals surface area contributed by atoms with Crippen LogP contribution in [0.15, 0.2) is 12.3 Å². The summed E-state index contributed by atoms with van der Waals surface area (Å²) in [5.74, 6) is 0. The molecule has 0 fully saturated rings. The molecule has 0 atom stereocenters. The van der Waals surface area contributed by atoms with E-state index in [0.29, 0.717) is 10.8 Å². The molecule has 16 heavy (non-hydrogen) atoms. The summed E-state index contributed by atoms with van der Waals surface area (Å²) < 4.78 is 0.759. The zero-order valence-corrected chi connectivity index (χ0v) is 12.1. The largest absolute Gasteiger partial charge is 0.465 e. The Morgan fingerprint density at radius 3 is 2.50 bits per heavy atom. The average Bonchev–Trinajstić information content (AvgIpc) is 2.06. The third kappa shape index (κ3) is 2.98. The Hall–Kier alpha value is -0.560. The number of anilines is 1. The average molecular weight is 355 g/mol. The monoisotopic (exact) mass is 354 g/mol. The Balaban J connectivity index is 3.28. The van der Waals surface area contributed by atoms with Crippen LogP contribution in [-0.2, 0) is 0 Å². The molecule has 88 valence electrons. The zero-order valence-electron chi connectivity index (χ0n) is 9.16. The highest BCUT2D eigenvalue weighted by Crippen LogP contribution is 2.29. The van der Waals surface area contributed by atoms with E-state index in [0.717, 1.165) is 3.57 Å². The Kier molecular flexibility index (Phi) is 4.01. The number of rotatable bonds is 1. The lowest BCUT2D eigenvalue weighted by Crippen LogP contribution is -2.45. The lowest BCUT2D eigenvalue weighted by molar-refractivity contribution is 0.195. The first-order valence-corrected chi connectivity index (χ1v) is 6.03. The molecule has 1 N–H and O–H groups in total. The highest BCUT2D eigenvalue weighted by atomic mass is 127. The van der Waals surface area contributed by atoms with Gasteiger partial charge >= 0.3 is 6.09 Å². The molecule has 4 nitrogen and oxygen atoms in total. The summed E-state index contributed by atoms with van der Waals surface area (Å²) >= 11 is 7.78. The molecular weight excluding hydrogens is 342 g/mol. The van der Waals surface area contributed by atoms with Crippen molar-refractivity contribution in [3.63, 3.8) is 0 Å². The number of halogens is 2. The lowest BCUT2D eigenvalue weighted by Gasteiger charge is -2.33. The molecule has 1 aromatic rings. The predicted molar refractivity (Wildman–Crippen MR) is 72.2 cm³/mol. The summed E-state index contributed by atoms with van der Waals surface area (Å²) in [4.78, 5) is 16.4. The predicted octanol–water partition coefficient (Wildman–Crippen LogP) is 3.62. The molecule has 0 aliphatic carbocycles. The molecule has 0 saturated heterocycles. The topological polar surface area (TPSA) is 53.4 Å². The van der Waals surface area contributed by atoms with E-state index in [-0.39, 0.29) is 0 Å². The highest BCUT2D eigenvalue weighted by Gasteiger charge is 2.29. The minimum absolute atomic E-state index is 0.354. The van der Waals surface area contributed by atoms with Crippen LogP contribution in [0.3, 0.4) is 0 Å². The van der Waals surface area contributed by atoms with Gasteiger partial charge in [0.2, 0.25) is 0 Å². The van der Waals surface area contributed by atoms with Crippen LogP contribution in [0.4, 0.5) is 10.5 Å². The van der Waals surface area contributed by atoms with Gasteiger partial charge in [-0.3, -0.25) is 4.90 Å². The van der Waals surface area contributed by atoms with E-state index in [9.17, 15) is 9.90 Å². The van der Waals surface area contributed by atoms with Gasteiger partial charge in [0.15, 0.2) is 0 Å². The number of nitrogens with zero attached hydrogens (tertiary/aromatic N) is 2. The molecule has 0 aliphatic heterocycles. The first-order chi connectivity index (χ1) is 7.23. The summed E-state index contributed by atoms with van der Waals surface area (Å²) in [6.07, 6.45) is 0.471. The van der Waals surface area contributed by atoms with Crippen LogP contribution in [0, 0.1) is 3.57 Å². The molecule has 6 heteroatoms. The second-order valence-electron chi connectivity index (χ2n) is 4.25. The maximum absolute atomic E-state index is 11.2. The number of aromatic nitrogens is 1. The van der Waals surface area contributed by atoms with Crippen LogP contribution in [0.2, 0.25) is 5.15 Å². The number of hydrogen-bond acceptors (Lipinski definition) is 2. The Morgan fingerprint density at radius 1 is 1.56 bits per heavy atom. The van der Waals surface area contributed by atoms with Crippen LogP contribution in [-0.4, -0.2) is 21.7 Å². The van der Waals surface area contributed by atoms with Crippen LogP contribution in [0.25, 0.3) is 0 Å². The van der Waals surface area contributed by atoms with Gasteiger partial charge in [0.25, 0.3) is 0 Å². The van der Waals surface area contributed by atoms with Crippen molar-refractivity contribution in [3.05, 3.63) is 21.0 Å².